The number of rotatable bonds is 4. The summed E-state index contributed by atoms with van der Waals surface area (Å²) in [7, 11) is 1.49. The van der Waals surface area contributed by atoms with E-state index in [9.17, 15) is 9.59 Å². The molecule has 7 heteroatoms. The Kier molecular flexibility index (Phi) is 4.30. The van der Waals surface area contributed by atoms with Gasteiger partial charge < -0.3 is 4.90 Å². The third-order valence-corrected chi connectivity index (χ3v) is 4.70. The zero-order chi connectivity index (χ0) is 14.8. The van der Waals surface area contributed by atoms with Crippen molar-refractivity contribution in [2.24, 2.45) is 0 Å². The Labute approximate surface area is 124 Å². The van der Waals surface area contributed by atoms with E-state index in [0.29, 0.717) is 13.0 Å². The lowest BCUT2D eigenvalue weighted by Crippen LogP contribution is -2.50. The van der Waals surface area contributed by atoms with Gasteiger partial charge in [0.1, 0.15) is 6.04 Å². The highest BCUT2D eigenvalue weighted by atomic mass is 16.7. The zero-order valence-electron chi connectivity index (χ0n) is 12.4. The second-order valence-electron chi connectivity index (χ2n) is 6.03. The van der Waals surface area contributed by atoms with Gasteiger partial charge in [-0.3, -0.25) is 14.5 Å². The number of nitrogens with one attached hydrogen (secondary N) is 1. The molecule has 1 saturated carbocycles. The summed E-state index contributed by atoms with van der Waals surface area (Å²) in [6.45, 7) is 0.550. The molecule has 0 aromatic rings. The average molecular weight is 297 g/mol. The number of hydroxylamine groups is 3. The third-order valence-electron chi connectivity index (χ3n) is 4.70. The maximum Gasteiger partial charge on any atom is 0.345 e. The lowest BCUT2D eigenvalue weighted by atomic mass is 9.98. The number of carbonyl (C=O) groups excluding carboxylic acids is 2. The topological polar surface area (TPSA) is 71.1 Å². The summed E-state index contributed by atoms with van der Waals surface area (Å²) in [6, 6.07) is -0.610. The van der Waals surface area contributed by atoms with E-state index in [-0.39, 0.29) is 24.1 Å². The molecule has 7 nitrogen and oxygen atoms in total. The molecular weight excluding hydrogens is 274 g/mol. The van der Waals surface area contributed by atoms with Crippen LogP contribution in [0.1, 0.15) is 44.9 Å². The Bertz CT molecular complexity index is 411. The van der Waals surface area contributed by atoms with Gasteiger partial charge in [0.2, 0.25) is 0 Å². The first-order chi connectivity index (χ1) is 10.2. The SMILES string of the molecule is CON1C(=O)N2C[C@H]1CC[C@H]2C(=O)NOC1CCCCC1. The summed E-state index contributed by atoms with van der Waals surface area (Å²) >= 11 is 0. The summed E-state index contributed by atoms with van der Waals surface area (Å²) in [4.78, 5) is 36.6. The first kappa shape index (κ1) is 14.6. The first-order valence-electron chi connectivity index (χ1n) is 7.80. The number of amides is 3. The molecule has 2 bridgehead atoms. The minimum Gasteiger partial charge on any atom is -0.309 e. The number of urea groups is 1. The molecule has 3 amide bonds. The molecule has 2 aliphatic heterocycles. The minimum atomic E-state index is -0.447. The summed E-state index contributed by atoms with van der Waals surface area (Å²) in [5.74, 6) is -0.217. The van der Waals surface area contributed by atoms with Gasteiger partial charge in [0, 0.05) is 6.54 Å². The number of hydrogen-bond acceptors (Lipinski definition) is 4. The van der Waals surface area contributed by atoms with Gasteiger partial charge in [-0.1, -0.05) is 19.3 Å². The normalized spacial score (nSPS) is 29.9. The highest BCUT2D eigenvalue weighted by Gasteiger charge is 2.47. The van der Waals surface area contributed by atoms with E-state index in [1.807, 2.05) is 0 Å². The molecule has 118 valence electrons. The Hall–Kier alpha value is -1.34. The van der Waals surface area contributed by atoms with E-state index in [1.54, 1.807) is 4.90 Å². The van der Waals surface area contributed by atoms with Crippen molar-refractivity contribution in [2.45, 2.75) is 63.1 Å². The molecule has 3 aliphatic rings. The van der Waals surface area contributed by atoms with Crippen LogP contribution >= 0.6 is 0 Å². The predicted molar refractivity (Wildman–Crippen MR) is 73.9 cm³/mol. The molecule has 3 fully saturated rings. The van der Waals surface area contributed by atoms with Crippen LogP contribution in [0.25, 0.3) is 0 Å². The van der Waals surface area contributed by atoms with Gasteiger partial charge >= 0.3 is 6.03 Å². The summed E-state index contributed by atoms with van der Waals surface area (Å²) in [5.41, 5.74) is 2.57. The van der Waals surface area contributed by atoms with Crippen LogP contribution in [0.15, 0.2) is 0 Å². The van der Waals surface area contributed by atoms with Crippen molar-refractivity contribution in [3.63, 3.8) is 0 Å². The second-order valence-corrected chi connectivity index (χ2v) is 6.03. The fourth-order valence-corrected chi connectivity index (χ4v) is 3.53. The average Bonchev–Trinajstić information content (AvgIpc) is 2.77. The largest absolute Gasteiger partial charge is 0.345 e. The van der Waals surface area contributed by atoms with Gasteiger partial charge in [0.15, 0.2) is 0 Å². The van der Waals surface area contributed by atoms with E-state index in [2.05, 4.69) is 5.48 Å². The molecule has 1 N–H and O–H groups in total. The minimum absolute atomic E-state index is 0.0609. The van der Waals surface area contributed by atoms with Crippen molar-refractivity contribution in [1.29, 1.82) is 0 Å². The highest BCUT2D eigenvalue weighted by Crippen LogP contribution is 2.29. The quantitative estimate of drug-likeness (QED) is 0.791. The lowest BCUT2D eigenvalue weighted by Gasteiger charge is -2.30. The van der Waals surface area contributed by atoms with Gasteiger partial charge in [-0.25, -0.2) is 10.3 Å². The van der Waals surface area contributed by atoms with Gasteiger partial charge in [-0.2, -0.15) is 5.06 Å². The molecule has 3 rings (SSSR count). The van der Waals surface area contributed by atoms with E-state index in [0.717, 1.165) is 32.1 Å². The molecule has 0 spiro atoms. The molecule has 0 unspecified atom stereocenters. The maximum atomic E-state index is 12.3. The van der Waals surface area contributed by atoms with Crippen LogP contribution < -0.4 is 5.48 Å². The fourth-order valence-electron chi connectivity index (χ4n) is 3.53. The molecule has 0 radical (unpaired) electrons. The van der Waals surface area contributed by atoms with Gasteiger partial charge in [0.05, 0.1) is 19.3 Å². The summed E-state index contributed by atoms with van der Waals surface area (Å²) < 4.78 is 0. The molecule has 1 aliphatic carbocycles. The molecule has 2 heterocycles. The third kappa shape index (κ3) is 2.85. The van der Waals surface area contributed by atoms with Crippen molar-refractivity contribution in [2.75, 3.05) is 13.7 Å². The molecule has 0 aromatic carbocycles. The Morgan fingerprint density at radius 1 is 1.19 bits per heavy atom. The lowest BCUT2D eigenvalue weighted by molar-refractivity contribution is -0.145. The van der Waals surface area contributed by atoms with Gasteiger partial charge in [-0.15, -0.1) is 0 Å². The molecule has 2 saturated heterocycles. The van der Waals surface area contributed by atoms with Crippen LogP contribution in [0.4, 0.5) is 4.79 Å². The number of piperidine rings is 1. The van der Waals surface area contributed by atoms with Crippen LogP contribution in [0.5, 0.6) is 0 Å². The van der Waals surface area contributed by atoms with Crippen LogP contribution in [0, 0.1) is 0 Å². The Balaban J connectivity index is 1.54. The van der Waals surface area contributed by atoms with Crippen LogP contribution in [0.2, 0.25) is 0 Å². The smallest absolute Gasteiger partial charge is 0.309 e. The van der Waals surface area contributed by atoms with Gasteiger partial charge in [-0.05, 0) is 25.7 Å². The summed E-state index contributed by atoms with van der Waals surface area (Å²) in [6.07, 6.45) is 7.07. The maximum absolute atomic E-state index is 12.3. The van der Waals surface area contributed by atoms with Crippen molar-refractivity contribution >= 4 is 11.9 Å². The van der Waals surface area contributed by atoms with Crippen LogP contribution in [0.3, 0.4) is 0 Å². The van der Waals surface area contributed by atoms with E-state index >= 15 is 0 Å². The monoisotopic (exact) mass is 297 g/mol. The first-order valence-corrected chi connectivity index (χ1v) is 7.80. The Morgan fingerprint density at radius 2 is 1.95 bits per heavy atom. The molecule has 0 aromatic heterocycles. The van der Waals surface area contributed by atoms with Crippen LogP contribution in [-0.2, 0) is 14.5 Å². The van der Waals surface area contributed by atoms with Crippen molar-refractivity contribution in [3.05, 3.63) is 0 Å². The van der Waals surface area contributed by atoms with Crippen molar-refractivity contribution in [1.82, 2.24) is 15.4 Å². The number of hydrogen-bond donors (Lipinski definition) is 1. The molecule has 2 atom stereocenters. The van der Waals surface area contributed by atoms with E-state index in [1.165, 1.54) is 18.6 Å². The van der Waals surface area contributed by atoms with Gasteiger partial charge in [0.25, 0.3) is 5.91 Å². The standard InChI is InChI=1S/C14H23N3O4/c1-20-17-10-7-8-12(16(9-10)14(17)19)13(18)15-21-11-5-3-2-4-6-11/h10-12H,2-9H2,1H3,(H,15,18)/t10-,12+/m1/s1. The number of nitrogens with zero attached hydrogens (tertiary/aromatic N) is 2. The second kappa shape index (κ2) is 6.19. The Morgan fingerprint density at radius 3 is 2.67 bits per heavy atom. The summed E-state index contributed by atoms with van der Waals surface area (Å²) in [5, 5.41) is 1.37. The van der Waals surface area contributed by atoms with E-state index in [4.69, 9.17) is 9.68 Å². The molecule has 21 heavy (non-hydrogen) atoms. The fraction of sp³-hybridized carbons (Fsp3) is 0.857. The number of fused-ring (bicyclic) bond motifs is 2. The van der Waals surface area contributed by atoms with Crippen LogP contribution in [-0.4, -0.2) is 53.7 Å². The highest BCUT2D eigenvalue weighted by molar-refractivity contribution is 5.87. The zero-order valence-corrected chi connectivity index (χ0v) is 12.4. The predicted octanol–water partition coefficient (Wildman–Crippen LogP) is 1.20. The van der Waals surface area contributed by atoms with E-state index < -0.39 is 6.04 Å². The molecular formula is C14H23N3O4. The number of carbonyl (C=O) groups is 2. The van der Waals surface area contributed by atoms with Crippen molar-refractivity contribution in [3.8, 4) is 0 Å². The van der Waals surface area contributed by atoms with Crippen molar-refractivity contribution < 1.29 is 19.3 Å².